The minimum Gasteiger partial charge on any atom is -0.321 e. The average molecular weight is 529 g/mol. The largest absolute Gasteiger partial charge is 0.356 e. The molecule has 0 aliphatic carbocycles. The number of anilines is 1. The van der Waals surface area contributed by atoms with Crippen molar-refractivity contribution >= 4 is 42.5 Å². The molecule has 0 aromatic heterocycles. The lowest BCUT2D eigenvalue weighted by Crippen LogP contribution is -2.23. The third-order valence-electron chi connectivity index (χ3n) is 5.30. The maximum Gasteiger partial charge on any atom is 0.356 e. The van der Waals surface area contributed by atoms with E-state index in [0.717, 1.165) is 16.8 Å². The number of hydrogen-bond acceptors (Lipinski definition) is 5. The molecule has 0 bridgehead atoms. The van der Waals surface area contributed by atoms with Gasteiger partial charge in [-0.05, 0) is 72.7 Å². The van der Waals surface area contributed by atoms with Gasteiger partial charge in [0.15, 0.2) is 0 Å². The summed E-state index contributed by atoms with van der Waals surface area (Å²) in [6, 6.07) is 22.9. The van der Waals surface area contributed by atoms with Crippen molar-refractivity contribution in [3.63, 3.8) is 0 Å². The van der Waals surface area contributed by atoms with Gasteiger partial charge in [-0.15, -0.1) is 0 Å². The zero-order valence-corrected chi connectivity index (χ0v) is 22.0. The van der Waals surface area contributed by atoms with Crippen LogP contribution in [0.15, 0.2) is 124 Å². The fraction of sp³-hybridized carbons (Fsp3) is 0.103. The second-order valence-corrected chi connectivity index (χ2v) is 9.75. The Bertz CT molecular complexity index is 1410. The SMILES string of the molecule is C/C=C\C(=C/C=NCc1ccc(P(=O)(O)O)cc1)N=Nc1ccc(N(C)C(=O)/C=C/c2ccccc2)cc1. The van der Waals surface area contributed by atoms with Gasteiger partial charge in [-0.1, -0.05) is 48.5 Å². The molecule has 0 spiro atoms. The van der Waals surface area contributed by atoms with Crippen molar-refractivity contribution in [3.05, 3.63) is 120 Å². The molecule has 8 nitrogen and oxygen atoms in total. The number of nitrogens with zero attached hydrogens (tertiary/aromatic N) is 4. The number of rotatable bonds is 10. The van der Waals surface area contributed by atoms with Crippen molar-refractivity contribution in [1.82, 2.24) is 0 Å². The van der Waals surface area contributed by atoms with E-state index in [0.29, 0.717) is 17.9 Å². The van der Waals surface area contributed by atoms with E-state index in [1.54, 1.807) is 72.8 Å². The number of allylic oxidation sites excluding steroid dienone is 3. The summed E-state index contributed by atoms with van der Waals surface area (Å²) in [4.78, 5) is 36.7. The van der Waals surface area contributed by atoms with Crippen LogP contribution in [0.2, 0.25) is 0 Å². The van der Waals surface area contributed by atoms with Crippen LogP contribution in [0.1, 0.15) is 18.1 Å². The molecule has 0 fully saturated rings. The molecule has 3 aromatic rings. The van der Waals surface area contributed by atoms with E-state index in [1.165, 1.54) is 18.2 Å². The van der Waals surface area contributed by atoms with Crippen molar-refractivity contribution in [3.8, 4) is 0 Å². The maximum absolute atomic E-state index is 12.5. The molecule has 194 valence electrons. The van der Waals surface area contributed by atoms with Gasteiger partial charge in [0, 0.05) is 25.0 Å². The molecular weight excluding hydrogens is 499 g/mol. The first kappa shape index (κ1) is 28.3. The first-order valence-electron chi connectivity index (χ1n) is 11.8. The number of azo groups is 1. The van der Waals surface area contributed by atoms with E-state index >= 15 is 0 Å². The molecular formula is C29H29N4O4P. The molecule has 3 aromatic carbocycles. The van der Waals surface area contributed by atoms with Gasteiger partial charge in [-0.25, -0.2) is 0 Å². The summed E-state index contributed by atoms with van der Waals surface area (Å²) in [5.41, 5.74) is 3.73. The van der Waals surface area contributed by atoms with E-state index in [9.17, 15) is 19.1 Å². The topological polar surface area (TPSA) is 115 Å². The van der Waals surface area contributed by atoms with Gasteiger partial charge < -0.3 is 14.7 Å². The summed E-state index contributed by atoms with van der Waals surface area (Å²) in [6.45, 7) is 2.23. The summed E-state index contributed by atoms with van der Waals surface area (Å²) in [6.07, 6.45) is 10.3. The zero-order valence-electron chi connectivity index (χ0n) is 21.1. The first-order chi connectivity index (χ1) is 18.3. The second kappa shape index (κ2) is 13.9. The van der Waals surface area contributed by atoms with Crippen LogP contribution in [-0.2, 0) is 15.9 Å². The van der Waals surface area contributed by atoms with Crippen LogP contribution in [0.25, 0.3) is 6.08 Å². The Morgan fingerprint density at radius 2 is 1.63 bits per heavy atom. The van der Waals surface area contributed by atoms with Crippen LogP contribution in [0, 0.1) is 0 Å². The predicted molar refractivity (Wildman–Crippen MR) is 153 cm³/mol. The van der Waals surface area contributed by atoms with Crippen molar-refractivity contribution in [1.29, 1.82) is 0 Å². The van der Waals surface area contributed by atoms with E-state index in [4.69, 9.17) is 0 Å². The Hall–Kier alpha value is -4.23. The van der Waals surface area contributed by atoms with Gasteiger partial charge in [-0.2, -0.15) is 10.2 Å². The summed E-state index contributed by atoms with van der Waals surface area (Å²) in [5.74, 6) is -0.140. The molecule has 2 N–H and O–H groups in total. The Kier molecular flexibility index (Phi) is 10.4. The molecule has 0 atom stereocenters. The normalized spacial score (nSPS) is 12.8. The van der Waals surface area contributed by atoms with Gasteiger partial charge >= 0.3 is 7.60 Å². The van der Waals surface area contributed by atoms with Crippen LogP contribution in [0.3, 0.4) is 0 Å². The molecule has 38 heavy (non-hydrogen) atoms. The van der Waals surface area contributed by atoms with Crippen molar-refractivity contribution in [2.24, 2.45) is 15.2 Å². The third kappa shape index (κ3) is 9.01. The summed E-state index contributed by atoms with van der Waals surface area (Å²) < 4.78 is 11.3. The van der Waals surface area contributed by atoms with E-state index < -0.39 is 7.60 Å². The first-order valence-corrected chi connectivity index (χ1v) is 13.4. The number of likely N-dealkylation sites (N-methyl/N-ethyl adjacent to an activating group) is 1. The lowest BCUT2D eigenvalue weighted by atomic mass is 10.2. The lowest BCUT2D eigenvalue weighted by molar-refractivity contribution is -0.113. The standard InChI is InChI=1S/C29H29N4O4P/c1-3-7-25(20-21-30-22-24-10-17-28(18-11-24)38(35,36)37)31-32-26-13-15-27(16-14-26)33(2)29(34)19-12-23-8-5-4-6-9-23/h3-21H,22H2,1-2H3,(H2,35,36,37)/b7-3-,19-12+,25-20+,30-21?,32-31?. The summed E-state index contributed by atoms with van der Waals surface area (Å²) in [7, 11) is -2.53. The van der Waals surface area contributed by atoms with Crippen LogP contribution in [-0.4, -0.2) is 29.0 Å². The second-order valence-electron chi connectivity index (χ2n) is 8.15. The molecule has 0 aliphatic heterocycles. The predicted octanol–water partition coefficient (Wildman–Crippen LogP) is 5.98. The highest BCUT2D eigenvalue weighted by atomic mass is 31.2. The minimum absolute atomic E-state index is 0.0212. The summed E-state index contributed by atoms with van der Waals surface area (Å²) in [5, 5.41) is 8.52. The molecule has 0 saturated heterocycles. The average Bonchev–Trinajstić information content (AvgIpc) is 2.93. The van der Waals surface area contributed by atoms with Gasteiger partial charge in [0.25, 0.3) is 5.91 Å². The lowest BCUT2D eigenvalue weighted by Gasteiger charge is -2.15. The molecule has 1 amide bonds. The smallest absolute Gasteiger partial charge is 0.321 e. The zero-order chi connectivity index (χ0) is 27.4. The molecule has 0 unspecified atom stereocenters. The number of carbonyl (C=O) groups is 1. The molecule has 0 radical (unpaired) electrons. The molecule has 0 aliphatic rings. The molecule has 0 saturated carbocycles. The number of carbonyl (C=O) groups excluding carboxylic acids is 1. The van der Waals surface area contributed by atoms with Gasteiger partial charge in [-0.3, -0.25) is 14.4 Å². The highest BCUT2D eigenvalue weighted by Gasteiger charge is 2.15. The van der Waals surface area contributed by atoms with E-state index in [2.05, 4.69) is 15.2 Å². The van der Waals surface area contributed by atoms with Crippen LogP contribution in [0.5, 0.6) is 0 Å². The van der Waals surface area contributed by atoms with Crippen LogP contribution in [0.4, 0.5) is 11.4 Å². The fourth-order valence-electron chi connectivity index (χ4n) is 3.20. The van der Waals surface area contributed by atoms with Crippen molar-refractivity contribution in [2.45, 2.75) is 13.5 Å². The quantitative estimate of drug-likeness (QED) is 0.111. The highest BCUT2D eigenvalue weighted by Crippen LogP contribution is 2.32. The third-order valence-corrected chi connectivity index (χ3v) is 6.27. The van der Waals surface area contributed by atoms with Crippen LogP contribution < -0.4 is 10.2 Å². The van der Waals surface area contributed by atoms with Crippen molar-refractivity contribution in [2.75, 3.05) is 11.9 Å². The Labute approximate surface area is 222 Å². The maximum atomic E-state index is 12.5. The van der Waals surface area contributed by atoms with Gasteiger partial charge in [0.05, 0.1) is 23.2 Å². The Balaban J connectivity index is 1.59. The van der Waals surface area contributed by atoms with E-state index in [1.807, 2.05) is 43.3 Å². The van der Waals surface area contributed by atoms with Gasteiger partial charge in [0.2, 0.25) is 0 Å². The number of benzene rings is 3. The number of amides is 1. The molecule has 9 heteroatoms. The van der Waals surface area contributed by atoms with Gasteiger partial charge in [0.1, 0.15) is 0 Å². The number of hydrogen-bond donors (Lipinski definition) is 2. The minimum atomic E-state index is -4.25. The monoisotopic (exact) mass is 528 g/mol. The Morgan fingerprint density at radius 3 is 2.26 bits per heavy atom. The fourth-order valence-corrected chi connectivity index (χ4v) is 3.74. The molecule has 3 rings (SSSR count). The van der Waals surface area contributed by atoms with Crippen LogP contribution >= 0.6 is 7.60 Å². The van der Waals surface area contributed by atoms with E-state index in [-0.39, 0.29) is 11.2 Å². The number of aliphatic imine (C=N–C) groups is 1. The molecule has 0 heterocycles. The summed E-state index contributed by atoms with van der Waals surface area (Å²) >= 11 is 0. The highest BCUT2D eigenvalue weighted by molar-refractivity contribution is 7.60. The Morgan fingerprint density at radius 1 is 0.947 bits per heavy atom. The van der Waals surface area contributed by atoms with Crippen molar-refractivity contribution < 1.29 is 19.1 Å².